The third kappa shape index (κ3) is 2.95. The van der Waals surface area contributed by atoms with Crippen molar-refractivity contribution < 1.29 is 8.42 Å². The summed E-state index contributed by atoms with van der Waals surface area (Å²) in [5.74, 6) is 5.44. The Labute approximate surface area is 106 Å². The average molecular weight is 269 g/mol. The summed E-state index contributed by atoms with van der Waals surface area (Å²) >= 11 is 0. The zero-order chi connectivity index (χ0) is 13.8. The molecule has 1 heterocycles. The van der Waals surface area contributed by atoms with E-state index in [1.54, 1.807) is 6.92 Å². The highest BCUT2D eigenvalue weighted by atomic mass is 32.2. The van der Waals surface area contributed by atoms with Crippen LogP contribution in [0.4, 0.5) is 5.82 Å². The summed E-state index contributed by atoms with van der Waals surface area (Å²) in [6.07, 6.45) is 1.48. The number of rotatable bonds is 5. The third-order valence-electron chi connectivity index (χ3n) is 2.56. The van der Waals surface area contributed by atoms with Crippen molar-refractivity contribution in [1.29, 1.82) is 5.26 Å². The van der Waals surface area contributed by atoms with Gasteiger partial charge in [0.15, 0.2) is 0 Å². The molecule has 0 aliphatic rings. The lowest BCUT2D eigenvalue weighted by molar-refractivity contribution is 0.393. The maximum Gasteiger partial charge on any atom is 0.243 e. The monoisotopic (exact) mass is 269 g/mol. The van der Waals surface area contributed by atoms with E-state index in [-0.39, 0.29) is 17.1 Å². The molecule has 0 aliphatic heterocycles. The molecule has 0 saturated heterocycles. The summed E-state index contributed by atoms with van der Waals surface area (Å²) in [6.45, 7) is 1.67. The molecule has 98 valence electrons. The predicted octanol–water partition coefficient (Wildman–Crippen LogP) is 0.290. The van der Waals surface area contributed by atoms with Gasteiger partial charge in [-0.3, -0.25) is 0 Å². The lowest BCUT2D eigenvalue weighted by Gasteiger charge is -2.22. The van der Waals surface area contributed by atoms with Gasteiger partial charge in [-0.1, -0.05) is 0 Å². The first-order chi connectivity index (χ1) is 8.43. The molecule has 1 aromatic rings. The Morgan fingerprint density at radius 1 is 1.67 bits per heavy atom. The molecule has 0 spiro atoms. The molecule has 18 heavy (non-hydrogen) atoms. The van der Waals surface area contributed by atoms with E-state index in [4.69, 9.17) is 11.1 Å². The number of nitrogens with zero attached hydrogens (tertiary/aromatic N) is 3. The molecule has 0 aromatic carbocycles. The van der Waals surface area contributed by atoms with Crippen molar-refractivity contribution in [3.05, 3.63) is 18.3 Å². The molecule has 0 radical (unpaired) electrons. The Kier molecular flexibility index (Phi) is 4.61. The fourth-order valence-electron chi connectivity index (χ4n) is 1.31. The number of aromatic nitrogens is 1. The Bertz CT molecular complexity index is 552. The van der Waals surface area contributed by atoms with Crippen molar-refractivity contribution in [3.8, 4) is 6.07 Å². The molecule has 0 saturated carbocycles. The summed E-state index contributed by atoms with van der Waals surface area (Å²) in [7, 11) is -2.21. The van der Waals surface area contributed by atoms with E-state index in [1.165, 1.54) is 25.4 Å². The van der Waals surface area contributed by atoms with Gasteiger partial charge >= 0.3 is 0 Å². The van der Waals surface area contributed by atoms with Gasteiger partial charge in [0.1, 0.15) is 5.82 Å². The molecule has 1 rings (SSSR count). The molecule has 8 heteroatoms. The van der Waals surface area contributed by atoms with Crippen LogP contribution in [-0.2, 0) is 10.0 Å². The molecule has 3 N–H and O–H groups in total. The summed E-state index contributed by atoms with van der Waals surface area (Å²) < 4.78 is 25.6. The van der Waals surface area contributed by atoms with E-state index in [0.717, 1.165) is 4.31 Å². The third-order valence-corrected chi connectivity index (χ3v) is 4.53. The first-order valence-corrected chi connectivity index (χ1v) is 6.65. The second kappa shape index (κ2) is 5.77. The van der Waals surface area contributed by atoms with Crippen LogP contribution in [-0.4, -0.2) is 30.8 Å². The van der Waals surface area contributed by atoms with Gasteiger partial charge in [0, 0.05) is 25.4 Å². The van der Waals surface area contributed by atoms with E-state index in [2.05, 4.69) is 10.4 Å². The molecule has 7 nitrogen and oxygen atoms in total. The van der Waals surface area contributed by atoms with E-state index in [9.17, 15) is 8.42 Å². The number of hydrogen-bond donors (Lipinski definition) is 2. The Balaban J connectivity index is 3.09. The fourth-order valence-corrected chi connectivity index (χ4v) is 2.69. The average Bonchev–Trinajstić information content (AvgIpc) is 2.38. The van der Waals surface area contributed by atoms with Gasteiger partial charge in [-0.15, -0.1) is 0 Å². The van der Waals surface area contributed by atoms with Gasteiger partial charge in [0.05, 0.1) is 17.4 Å². The SMILES string of the molecule is CC(CC#N)N(C)S(=O)(=O)c1ccnc(NN)c1. The van der Waals surface area contributed by atoms with Gasteiger partial charge in [-0.05, 0) is 13.0 Å². The van der Waals surface area contributed by atoms with Crippen molar-refractivity contribution in [2.24, 2.45) is 5.84 Å². The van der Waals surface area contributed by atoms with Crippen LogP contribution in [0.25, 0.3) is 0 Å². The summed E-state index contributed by atoms with van der Waals surface area (Å²) in [5, 5.41) is 8.60. The van der Waals surface area contributed by atoms with Crippen LogP contribution in [0.15, 0.2) is 23.2 Å². The Morgan fingerprint density at radius 2 is 2.33 bits per heavy atom. The van der Waals surface area contributed by atoms with E-state index in [1.807, 2.05) is 6.07 Å². The minimum Gasteiger partial charge on any atom is -0.308 e. The number of nitrogens with two attached hydrogens (primary N) is 1. The molecule has 1 atom stereocenters. The molecule has 0 amide bonds. The fraction of sp³-hybridized carbons (Fsp3) is 0.400. The van der Waals surface area contributed by atoms with E-state index < -0.39 is 16.1 Å². The maximum atomic E-state index is 12.2. The van der Waals surface area contributed by atoms with Gasteiger partial charge < -0.3 is 5.43 Å². The Morgan fingerprint density at radius 3 is 2.89 bits per heavy atom. The molecular weight excluding hydrogens is 254 g/mol. The largest absolute Gasteiger partial charge is 0.308 e. The van der Waals surface area contributed by atoms with Crippen LogP contribution in [0.3, 0.4) is 0 Å². The number of pyridine rings is 1. The molecule has 0 aliphatic carbocycles. The Hall–Kier alpha value is -1.69. The quantitative estimate of drug-likeness (QED) is 0.587. The predicted molar refractivity (Wildman–Crippen MR) is 66.7 cm³/mol. The topological polar surface area (TPSA) is 112 Å². The van der Waals surface area contributed by atoms with Crippen molar-refractivity contribution in [1.82, 2.24) is 9.29 Å². The van der Waals surface area contributed by atoms with Gasteiger partial charge in [-0.25, -0.2) is 19.2 Å². The summed E-state index contributed by atoms with van der Waals surface area (Å²) in [4.78, 5) is 3.92. The van der Waals surface area contributed by atoms with Crippen LogP contribution in [0.2, 0.25) is 0 Å². The highest BCUT2D eigenvalue weighted by Gasteiger charge is 2.25. The van der Waals surface area contributed by atoms with Crippen LogP contribution in [0.1, 0.15) is 13.3 Å². The summed E-state index contributed by atoms with van der Waals surface area (Å²) in [5.41, 5.74) is 2.29. The zero-order valence-corrected chi connectivity index (χ0v) is 11.0. The number of hydrogen-bond acceptors (Lipinski definition) is 6. The molecule has 0 bridgehead atoms. The lowest BCUT2D eigenvalue weighted by atomic mass is 10.3. The molecular formula is C10H15N5O2S. The molecule has 1 unspecified atom stereocenters. The van der Waals surface area contributed by atoms with E-state index in [0.29, 0.717) is 0 Å². The molecule has 0 fully saturated rings. The number of nitriles is 1. The van der Waals surface area contributed by atoms with Crippen molar-refractivity contribution in [2.75, 3.05) is 12.5 Å². The van der Waals surface area contributed by atoms with Gasteiger partial charge in [0.25, 0.3) is 0 Å². The summed E-state index contributed by atoms with van der Waals surface area (Å²) in [6, 6.07) is 4.26. The standard InChI is InChI=1S/C10H15N5O2S/c1-8(3-5-11)15(2)18(16,17)9-4-6-13-10(7-9)14-12/h4,6-8H,3,12H2,1-2H3,(H,13,14). The van der Waals surface area contributed by atoms with Crippen LogP contribution >= 0.6 is 0 Å². The van der Waals surface area contributed by atoms with Gasteiger partial charge in [0.2, 0.25) is 10.0 Å². The number of sulfonamides is 1. The minimum atomic E-state index is -3.65. The second-order valence-corrected chi connectivity index (χ2v) is 5.75. The van der Waals surface area contributed by atoms with Crippen molar-refractivity contribution in [3.63, 3.8) is 0 Å². The smallest absolute Gasteiger partial charge is 0.243 e. The highest BCUT2D eigenvalue weighted by molar-refractivity contribution is 7.89. The van der Waals surface area contributed by atoms with Crippen LogP contribution < -0.4 is 11.3 Å². The number of hydrazine groups is 1. The van der Waals surface area contributed by atoms with E-state index >= 15 is 0 Å². The van der Waals surface area contributed by atoms with Gasteiger partial charge in [-0.2, -0.15) is 9.57 Å². The number of nitrogen functional groups attached to an aromatic ring is 1. The maximum absolute atomic E-state index is 12.2. The first kappa shape index (κ1) is 14.4. The van der Waals surface area contributed by atoms with Crippen molar-refractivity contribution in [2.45, 2.75) is 24.3 Å². The first-order valence-electron chi connectivity index (χ1n) is 5.21. The zero-order valence-electron chi connectivity index (χ0n) is 10.2. The lowest BCUT2D eigenvalue weighted by Crippen LogP contribution is -2.34. The van der Waals surface area contributed by atoms with Crippen LogP contribution in [0, 0.1) is 11.3 Å². The highest BCUT2D eigenvalue weighted by Crippen LogP contribution is 2.19. The number of anilines is 1. The normalized spacial score (nSPS) is 13.1. The minimum absolute atomic E-state index is 0.0812. The molecule has 1 aromatic heterocycles. The number of nitrogens with one attached hydrogen (secondary N) is 1. The van der Waals surface area contributed by atoms with Crippen LogP contribution in [0.5, 0.6) is 0 Å². The second-order valence-electron chi connectivity index (χ2n) is 3.75. The van der Waals surface area contributed by atoms with Crippen molar-refractivity contribution >= 4 is 15.8 Å².